The minimum Gasteiger partial charge on any atom is -0.496 e. The van der Waals surface area contributed by atoms with Crippen molar-refractivity contribution in [1.82, 2.24) is 0 Å². The van der Waals surface area contributed by atoms with Gasteiger partial charge in [0.2, 0.25) is 0 Å². The minimum atomic E-state index is -6.00. The molecule has 1 aromatic rings. The molecule has 0 N–H and O–H groups in total. The van der Waals surface area contributed by atoms with Gasteiger partial charge in [-0.2, -0.15) is 0 Å². The second-order valence-corrected chi connectivity index (χ2v) is 3.04. The molecule has 0 fully saturated rings. The van der Waals surface area contributed by atoms with E-state index < -0.39 is 7.25 Å². The molecule has 0 amide bonds. The van der Waals surface area contributed by atoms with Crippen LogP contribution in [0.5, 0.6) is 5.75 Å². The Morgan fingerprint density at radius 3 is 2.00 bits per heavy atom. The van der Waals surface area contributed by atoms with E-state index in [1.54, 1.807) is 7.11 Å². The molecular weight excluding hydrogens is 248 g/mol. The zero-order chi connectivity index (χ0) is 12.6. The molecule has 8 heteroatoms. The molecule has 0 aliphatic carbocycles. The largest absolute Gasteiger partial charge is 0.673 e. The molecule has 92 valence electrons. The molecule has 0 atom stereocenters. The van der Waals surface area contributed by atoms with Crippen LogP contribution in [0.2, 0.25) is 0 Å². The van der Waals surface area contributed by atoms with E-state index in [-0.39, 0.29) is 0 Å². The predicted octanol–water partition coefficient (Wildman–Crippen LogP) is 2.52. The van der Waals surface area contributed by atoms with Crippen molar-refractivity contribution < 1.29 is 26.6 Å². The number of aryl methyl sites for hydroxylation is 1. The summed E-state index contributed by atoms with van der Waals surface area (Å²) in [5, 5.41) is 0. The Hall–Kier alpha value is -0.975. The van der Waals surface area contributed by atoms with Crippen molar-refractivity contribution in [3.63, 3.8) is 0 Å². The standard InChI is InChI=1S/C8H11ClNO.BF4/c1-11-8-2-5-10(6-3-8)7-4-9;2-1(3,4)5/h2-3,5-6H,4,7H2,1H3;/q+1;-1. The smallest absolute Gasteiger partial charge is 0.496 e. The molecule has 1 rings (SSSR count). The van der Waals surface area contributed by atoms with E-state index in [4.69, 9.17) is 16.3 Å². The van der Waals surface area contributed by atoms with Gasteiger partial charge in [0.05, 0.1) is 13.0 Å². The Bertz CT molecular complexity index is 287. The van der Waals surface area contributed by atoms with Crippen LogP contribution in [-0.2, 0) is 6.54 Å². The van der Waals surface area contributed by atoms with Gasteiger partial charge in [-0.05, 0) is 0 Å². The molecule has 0 saturated heterocycles. The Balaban J connectivity index is 0.000000385. The Morgan fingerprint density at radius 1 is 1.25 bits per heavy atom. The molecular formula is C8H11BClF4NO. The number of methoxy groups -OCH3 is 1. The molecule has 1 aromatic heterocycles. The first-order chi connectivity index (χ1) is 7.36. The molecule has 16 heavy (non-hydrogen) atoms. The van der Waals surface area contributed by atoms with E-state index in [0.717, 1.165) is 12.3 Å². The first-order valence-electron chi connectivity index (χ1n) is 4.33. The van der Waals surface area contributed by atoms with E-state index in [1.165, 1.54) is 0 Å². The van der Waals surface area contributed by atoms with Gasteiger partial charge in [-0.3, -0.25) is 0 Å². The number of ether oxygens (including phenoxy) is 1. The number of halogens is 5. The highest BCUT2D eigenvalue weighted by molar-refractivity contribution is 6.50. The summed E-state index contributed by atoms with van der Waals surface area (Å²) in [6, 6.07) is 3.82. The summed E-state index contributed by atoms with van der Waals surface area (Å²) in [6.45, 7) is 0.839. The maximum atomic E-state index is 9.75. The van der Waals surface area contributed by atoms with Gasteiger partial charge in [0, 0.05) is 12.1 Å². The Labute approximate surface area is 95.9 Å². The van der Waals surface area contributed by atoms with E-state index in [1.807, 2.05) is 29.1 Å². The van der Waals surface area contributed by atoms with Gasteiger partial charge in [-0.25, -0.2) is 4.57 Å². The van der Waals surface area contributed by atoms with Crippen LogP contribution in [-0.4, -0.2) is 20.2 Å². The third-order valence-corrected chi connectivity index (χ3v) is 1.61. The maximum absolute atomic E-state index is 9.75. The van der Waals surface area contributed by atoms with E-state index in [0.29, 0.717) is 5.88 Å². The molecule has 0 radical (unpaired) electrons. The summed E-state index contributed by atoms with van der Waals surface area (Å²) in [7, 11) is -4.35. The Kier molecular flexibility index (Phi) is 6.88. The first kappa shape index (κ1) is 15.0. The number of aromatic nitrogens is 1. The van der Waals surface area contributed by atoms with Gasteiger partial charge in [-0.1, -0.05) is 0 Å². The van der Waals surface area contributed by atoms with E-state index >= 15 is 0 Å². The average Bonchev–Trinajstić information content (AvgIpc) is 2.17. The molecule has 1 heterocycles. The van der Waals surface area contributed by atoms with Crippen LogP contribution >= 0.6 is 11.6 Å². The first-order valence-corrected chi connectivity index (χ1v) is 4.86. The zero-order valence-electron chi connectivity index (χ0n) is 8.55. The summed E-state index contributed by atoms with van der Waals surface area (Å²) in [5.74, 6) is 1.51. The van der Waals surface area contributed by atoms with E-state index in [2.05, 4.69) is 0 Å². The van der Waals surface area contributed by atoms with Gasteiger partial charge in [0.1, 0.15) is 5.75 Å². The fraction of sp³-hybridized carbons (Fsp3) is 0.375. The van der Waals surface area contributed by atoms with Gasteiger partial charge >= 0.3 is 7.25 Å². The van der Waals surface area contributed by atoms with Crippen LogP contribution in [0, 0.1) is 0 Å². The van der Waals surface area contributed by atoms with Crippen molar-refractivity contribution in [2.45, 2.75) is 6.54 Å². The third-order valence-electron chi connectivity index (χ3n) is 1.44. The van der Waals surface area contributed by atoms with Crippen molar-refractivity contribution in [2.75, 3.05) is 13.0 Å². The number of pyridine rings is 1. The van der Waals surface area contributed by atoms with Crippen LogP contribution in [0.1, 0.15) is 0 Å². The van der Waals surface area contributed by atoms with Crippen LogP contribution in [0.15, 0.2) is 24.5 Å². The lowest BCUT2D eigenvalue weighted by Gasteiger charge is -1.96. The number of rotatable bonds is 3. The fourth-order valence-corrected chi connectivity index (χ4v) is 1.02. The average molecular weight is 259 g/mol. The molecule has 0 bridgehead atoms. The summed E-state index contributed by atoms with van der Waals surface area (Å²) in [4.78, 5) is 0. The predicted molar refractivity (Wildman–Crippen MR) is 54.1 cm³/mol. The quantitative estimate of drug-likeness (QED) is 0.352. The van der Waals surface area contributed by atoms with Crippen LogP contribution in [0.4, 0.5) is 17.3 Å². The topological polar surface area (TPSA) is 13.1 Å². The van der Waals surface area contributed by atoms with Crippen molar-refractivity contribution in [3.05, 3.63) is 24.5 Å². The SMILES string of the molecule is COc1cc[n+](CCCl)cc1.F[B-](F)(F)F. The molecule has 0 unspecified atom stereocenters. The van der Waals surface area contributed by atoms with Crippen LogP contribution in [0.25, 0.3) is 0 Å². The van der Waals surface area contributed by atoms with Gasteiger partial charge in [0.25, 0.3) is 0 Å². The fourth-order valence-electron chi connectivity index (χ4n) is 0.826. The highest BCUT2D eigenvalue weighted by Crippen LogP contribution is 2.06. The van der Waals surface area contributed by atoms with E-state index in [9.17, 15) is 17.3 Å². The molecule has 2 nitrogen and oxygen atoms in total. The second-order valence-electron chi connectivity index (χ2n) is 2.66. The lowest BCUT2D eigenvalue weighted by molar-refractivity contribution is -0.692. The van der Waals surface area contributed by atoms with Crippen molar-refractivity contribution in [3.8, 4) is 5.75 Å². The lowest BCUT2D eigenvalue weighted by atomic mass is 10.3. The van der Waals surface area contributed by atoms with Crippen LogP contribution in [0.3, 0.4) is 0 Å². The summed E-state index contributed by atoms with van der Waals surface area (Å²) in [6.07, 6.45) is 3.89. The lowest BCUT2D eigenvalue weighted by Crippen LogP contribution is -2.33. The highest BCUT2D eigenvalue weighted by atomic mass is 35.5. The molecule has 0 spiro atoms. The molecule has 0 aliphatic heterocycles. The number of alkyl halides is 1. The maximum Gasteiger partial charge on any atom is 0.673 e. The summed E-state index contributed by atoms with van der Waals surface area (Å²) >= 11 is 5.56. The molecule has 0 saturated carbocycles. The minimum absolute atomic E-state index is 0.636. The number of hydrogen-bond acceptors (Lipinski definition) is 1. The van der Waals surface area contributed by atoms with Crippen molar-refractivity contribution in [1.29, 1.82) is 0 Å². The Morgan fingerprint density at radius 2 is 1.69 bits per heavy atom. The van der Waals surface area contributed by atoms with Gasteiger partial charge < -0.3 is 22.0 Å². The third kappa shape index (κ3) is 9.58. The van der Waals surface area contributed by atoms with Crippen LogP contribution < -0.4 is 9.30 Å². The van der Waals surface area contributed by atoms with Gasteiger partial charge in [-0.15, -0.1) is 11.6 Å². The normalized spacial score (nSPS) is 10.4. The summed E-state index contributed by atoms with van der Waals surface area (Å²) in [5.41, 5.74) is 0. The van der Waals surface area contributed by atoms with Crippen molar-refractivity contribution in [2.24, 2.45) is 0 Å². The molecule has 0 aromatic carbocycles. The van der Waals surface area contributed by atoms with Crippen molar-refractivity contribution >= 4 is 18.9 Å². The summed E-state index contributed by atoms with van der Waals surface area (Å²) < 4.78 is 46.0. The van der Waals surface area contributed by atoms with Gasteiger partial charge in [0.15, 0.2) is 18.9 Å². The molecule has 0 aliphatic rings. The zero-order valence-corrected chi connectivity index (χ0v) is 9.30. The number of hydrogen-bond donors (Lipinski definition) is 0. The monoisotopic (exact) mass is 259 g/mol. The second kappa shape index (κ2) is 7.32. The highest BCUT2D eigenvalue weighted by Gasteiger charge is 2.20. The number of nitrogens with zero attached hydrogens (tertiary/aromatic N) is 1.